The van der Waals surface area contributed by atoms with Crippen LogP contribution in [0.4, 0.5) is 5.69 Å². The van der Waals surface area contributed by atoms with Gasteiger partial charge in [0.2, 0.25) is 0 Å². The van der Waals surface area contributed by atoms with Crippen molar-refractivity contribution in [2.75, 3.05) is 0 Å². The lowest BCUT2D eigenvalue weighted by atomic mass is 9.99. The molecule has 0 bridgehead atoms. The van der Waals surface area contributed by atoms with Crippen molar-refractivity contribution < 1.29 is 5.21 Å². The lowest BCUT2D eigenvalue weighted by molar-refractivity contribution is 0.235. The lowest BCUT2D eigenvalue weighted by Gasteiger charge is -2.12. The van der Waals surface area contributed by atoms with Gasteiger partial charge in [0, 0.05) is 5.56 Å². The molecular weight excluding hydrogens is 296 g/mol. The molecule has 0 aliphatic carbocycles. The molecule has 0 aromatic heterocycles. The molecule has 0 radical (unpaired) electrons. The van der Waals surface area contributed by atoms with Crippen molar-refractivity contribution in [1.29, 1.82) is 0 Å². The van der Waals surface area contributed by atoms with E-state index in [4.69, 9.17) is 0 Å². The number of rotatable bonds is 4. The van der Waals surface area contributed by atoms with Crippen LogP contribution in [0.2, 0.25) is 0 Å². The summed E-state index contributed by atoms with van der Waals surface area (Å²) >= 11 is 0. The molecule has 3 aromatic rings. The van der Waals surface area contributed by atoms with Gasteiger partial charge in [-0.2, -0.15) is 0 Å². The number of para-hydroxylation sites is 1. The molecule has 3 aromatic carbocycles. The van der Waals surface area contributed by atoms with Crippen molar-refractivity contribution in [3.05, 3.63) is 90.0 Å². The minimum Gasteiger partial charge on any atom is -0.290 e. The van der Waals surface area contributed by atoms with Crippen LogP contribution in [0.3, 0.4) is 0 Å². The maximum Gasteiger partial charge on any atom is 0.158 e. The molecule has 0 spiro atoms. The predicted molar refractivity (Wildman–Crippen MR) is 98.8 cm³/mol. The Hall–Kier alpha value is -2.91. The number of nitrogens with zero attached hydrogens (tertiary/aromatic N) is 1. The fraction of sp³-hybridized carbons (Fsp3) is 0.0952. The molecule has 0 atom stereocenters. The maximum absolute atomic E-state index is 9.69. The van der Waals surface area contributed by atoms with Crippen LogP contribution in [0.5, 0.6) is 0 Å². The van der Waals surface area contributed by atoms with Gasteiger partial charge in [-0.25, -0.2) is 4.99 Å². The molecule has 0 aliphatic heterocycles. The third kappa shape index (κ3) is 3.36. The summed E-state index contributed by atoms with van der Waals surface area (Å²) in [5.74, 6) is 0.440. The van der Waals surface area contributed by atoms with Crippen LogP contribution in [0, 0.1) is 0 Å². The van der Waals surface area contributed by atoms with Crippen molar-refractivity contribution in [2.45, 2.75) is 13.3 Å². The Morgan fingerprint density at radius 1 is 0.875 bits per heavy atom. The Bertz CT molecular complexity index is 841. The Kier molecular flexibility index (Phi) is 5.04. The molecule has 0 fully saturated rings. The van der Waals surface area contributed by atoms with Gasteiger partial charge in [-0.15, -0.1) is 0 Å². The molecule has 3 rings (SSSR count). The maximum atomic E-state index is 9.69. The fourth-order valence-corrected chi connectivity index (χ4v) is 2.74. The predicted octanol–water partition coefficient (Wildman–Crippen LogP) is 4.97. The highest BCUT2D eigenvalue weighted by Crippen LogP contribution is 2.26. The lowest BCUT2D eigenvalue weighted by Crippen LogP contribution is -2.21. The highest BCUT2D eigenvalue weighted by Gasteiger charge is 2.11. The van der Waals surface area contributed by atoms with Crippen LogP contribution in [0.25, 0.3) is 11.1 Å². The van der Waals surface area contributed by atoms with E-state index in [0.717, 1.165) is 34.4 Å². The quantitative estimate of drug-likeness (QED) is 0.405. The van der Waals surface area contributed by atoms with E-state index in [1.807, 2.05) is 72.8 Å². The summed E-state index contributed by atoms with van der Waals surface area (Å²) in [6.07, 6.45) is 0.888. The number of benzene rings is 3. The van der Waals surface area contributed by atoms with E-state index >= 15 is 0 Å². The second-order valence-corrected chi connectivity index (χ2v) is 5.47. The van der Waals surface area contributed by atoms with Crippen molar-refractivity contribution in [1.82, 2.24) is 5.48 Å². The summed E-state index contributed by atoms with van der Waals surface area (Å²) in [7, 11) is 0. The van der Waals surface area contributed by atoms with E-state index in [-0.39, 0.29) is 0 Å². The number of hydrogen-bond donors (Lipinski definition) is 2. The van der Waals surface area contributed by atoms with E-state index in [1.54, 1.807) is 0 Å². The zero-order valence-electron chi connectivity index (χ0n) is 13.6. The fourth-order valence-electron chi connectivity index (χ4n) is 2.74. The van der Waals surface area contributed by atoms with Gasteiger partial charge in [0.05, 0.1) is 5.69 Å². The second kappa shape index (κ2) is 7.57. The Labute approximate surface area is 142 Å². The number of nitrogens with one attached hydrogen (secondary N) is 1. The van der Waals surface area contributed by atoms with Gasteiger partial charge in [0.1, 0.15) is 0 Å². The number of aryl methyl sites for hydroxylation is 1. The highest BCUT2D eigenvalue weighted by atomic mass is 16.5. The van der Waals surface area contributed by atoms with Crippen LogP contribution in [-0.2, 0) is 6.42 Å². The summed E-state index contributed by atoms with van der Waals surface area (Å²) in [6, 6.07) is 26.0. The minimum atomic E-state index is 0.440. The molecule has 120 valence electrons. The molecule has 0 aliphatic rings. The molecule has 0 unspecified atom stereocenters. The number of aliphatic imine (C=N–C) groups is 1. The largest absolute Gasteiger partial charge is 0.290 e. The standard InChI is InChI=1S/C21H20N2O/c1-2-16-10-6-9-15-20(16)22-21(23-24)19-14-8-7-13-18(19)17-11-4-3-5-12-17/h3-15,24H,2H2,1H3,(H,22,23). The van der Waals surface area contributed by atoms with Crippen LogP contribution in [-0.4, -0.2) is 11.0 Å². The molecule has 0 saturated heterocycles. The second-order valence-electron chi connectivity index (χ2n) is 5.47. The molecule has 3 heteroatoms. The monoisotopic (exact) mass is 316 g/mol. The van der Waals surface area contributed by atoms with Crippen molar-refractivity contribution in [2.24, 2.45) is 4.99 Å². The van der Waals surface area contributed by atoms with Crippen molar-refractivity contribution in [3.63, 3.8) is 0 Å². The van der Waals surface area contributed by atoms with Crippen LogP contribution < -0.4 is 5.48 Å². The van der Waals surface area contributed by atoms with Gasteiger partial charge in [-0.05, 0) is 29.2 Å². The SMILES string of the molecule is CCc1ccccc1N=C(NO)c1ccccc1-c1ccccc1. The number of hydroxylamine groups is 1. The highest BCUT2D eigenvalue weighted by molar-refractivity contribution is 6.05. The smallest absolute Gasteiger partial charge is 0.158 e. The summed E-state index contributed by atoms with van der Waals surface area (Å²) in [5, 5.41) is 9.69. The van der Waals surface area contributed by atoms with Gasteiger partial charge >= 0.3 is 0 Å². The summed E-state index contributed by atoms with van der Waals surface area (Å²) < 4.78 is 0. The van der Waals surface area contributed by atoms with Crippen molar-refractivity contribution >= 4 is 11.5 Å². The van der Waals surface area contributed by atoms with Crippen LogP contribution in [0.15, 0.2) is 83.9 Å². The number of hydrogen-bond acceptors (Lipinski definition) is 2. The molecule has 24 heavy (non-hydrogen) atoms. The first-order chi connectivity index (χ1) is 11.8. The first kappa shape index (κ1) is 16.0. The third-order valence-corrected chi connectivity index (χ3v) is 3.98. The van der Waals surface area contributed by atoms with Gasteiger partial charge in [0.15, 0.2) is 5.84 Å². The van der Waals surface area contributed by atoms with E-state index in [9.17, 15) is 5.21 Å². The first-order valence-electron chi connectivity index (χ1n) is 8.05. The van der Waals surface area contributed by atoms with E-state index < -0.39 is 0 Å². The molecule has 3 nitrogen and oxygen atoms in total. The van der Waals surface area contributed by atoms with Gasteiger partial charge < -0.3 is 0 Å². The zero-order valence-corrected chi connectivity index (χ0v) is 13.6. The van der Waals surface area contributed by atoms with E-state index in [0.29, 0.717) is 5.84 Å². The summed E-state index contributed by atoms with van der Waals surface area (Å²) in [6.45, 7) is 2.10. The Morgan fingerprint density at radius 2 is 1.54 bits per heavy atom. The van der Waals surface area contributed by atoms with Crippen LogP contribution in [0.1, 0.15) is 18.1 Å². The van der Waals surface area contributed by atoms with E-state index in [2.05, 4.69) is 23.5 Å². The number of amidine groups is 1. The van der Waals surface area contributed by atoms with Gasteiger partial charge in [0.25, 0.3) is 0 Å². The third-order valence-electron chi connectivity index (χ3n) is 3.98. The normalized spacial score (nSPS) is 11.3. The molecule has 2 N–H and O–H groups in total. The minimum absolute atomic E-state index is 0.440. The van der Waals surface area contributed by atoms with E-state index in [1.165, 1.54) is 0 Å². The Morgan fingerprint density at radius 3 is 2.29 bits per heavy atom. The topological polar surface area (TPSA) is 44.6 Å². The molecule has 0 heterocycles. The van der Waals surface area contributed by atoms with Gasteiger partial charge in [-0.1, -0.05) is 79.7 Å². The summed E-state index contributed by atoms with van der Waals surface area (Å²) in [5.41, 5.74) is 7.24. The average molecular weight is 316 g/mol. The van der Waals surface area contributed by atoms with Gasteiger partial charge in [-0.3, -0.25) is 10.7 Å². The summed E-state index contributed by atoms with van der Waals surface area (Å²) in [4.78, 5) is 4.66. The molecule has 0 amide bonds. The molecular formula is C21H20N2O. The average Bonchev–Trinajstić information content (AvgIpc) is 2.67. The zero-order chi connectivity index (χ0) is 16.8. The van der Waals surface area contributed by atoms with Crippen LogP contribution >= 0.6 is 0 Å². The first-order valence-corrected chi connectivity index (χ1v) is 8.05. The molecule has 0 saturated carbocycles. The Balaban J connectivity index is 2.11. The van der Waals surface area contributed by atoms with Crippen molar-refractivity contribution in [3.8, 4) is 11.1 Å².